The fourth-order valence-electron chi connectivity index (χ4n) is 3.07. The molecule has 0 amide bonds. The Labute approximate surface area is 127 Å². The molecule has 0 radical (unpaired) electrons. The Morgan fingerprint density at radius 2 is 1.90 bits per heavy atom. The molecule has 1 atom stereocenters. The van der Waals surface area contributed by atoms with Gasteiger partial charge in [0.2, 0.25) is 0 Å². The van der Waals surface area contributed by atoms with Gasteiger partial charge in [0, 0.05) is 11.3 Å². The number of imidazole rings is 1. The topological polar surface area (TPSA) is 40.7 Å². The molecule has 1 saturated heterocycles. The van der Waals surface area contributed by atoms with Gasteiger partial charge in [-0.05, 0) is 25.3 Å². The van der Waals surface area contributed by atoms with Crippen LogP contribution in [-0.2, 0) is 0 Å². The van der Waals surface area contributed by atoms with E-state index in [0.29, 0.717) is 12.0 Å². The molecule has 2 heterocycles. The van der Waals surface area contributed by atoms with Crippen molar-refractivity contribution in [2.75, 3.05) is 6.54 Å². The highest BCUT2D eigenvalue weighted by atomic mass is 15.0. The number of H-pyrrole nitrogens is 1. The Morgan fingerprint density at radius 3 is 2.67 bits per heavy atom. The van der Waals surface area contributed by atoms with Crippen molar-refractivity contribution in [3.8, 4) is 11.3 Å². The van der Waals surface area contributed by atoms with Crippen molar-refractivity contribution in [1.29, 1.82) is 0 Å². The molecule has 3 nitrogen and oxygen atoms in total. The standard InChI is InChI=1S/C18H25N3/c1-13(2)16-17(14-9-5-3-6-10-14)21-18(20-16)15-11-7-4-8-12-19-15/h3,5-6,9-10,13,15,19H,4,7-8,11-12H2,1-2H3,(H,20,21). The molecule has 3 rings (SSSR count). The highest BCUT2D eigenvalue weighted by molar-refractivity contribution is 5.62. The first-order valence-electron chi connectivity index (χ1n) is 8.14. The number of aromatic amines is 1. The second kappa shape index (κ2) is 6.44. The Bertz CT molecular complexity index is 563. The zero-order valence-corrected chi connectivity index (χ0v) is 13.0. The molecular formula is C18H25N3. The summed E-state index contributed by atoms with van der Waals surface area (Å²) in [5.41, 5.74) is 3.58. The number of rotatable bonds is 3. The number of hydrogen-bond acceptors (Lipinski definition) is 2. The smallest absolute Gasteiger partial charge is 0.124 e. The van der Waals surface area contributed by atoms with Crippen LogP contribution in [0.4, 0.5) is 0 Å². The van der Waals surface area contributed by atoms with Crippen LogP contribution in [0.1, 0.15) is 63.0 Å². The van der Waals surface area contributed by atoms with Gasteiger partial charge < -0.3 is 10.3 Å². The van der Waals surface area contributed by atoms with Crippen molar-refractivity contribution in [3.63, 3.8) is 0 Å². The SMILES string of the molecule is CC(C)c1[nH]c(C2CCCCCN2)nc1-c1ccccc1. The highest BCUT2D eigenvalue weighted by Crippen LogP contribution is 2.30. The molecule has 1 aromatic heterocycles. The van der Waals surface area contributed by atoms with Crippen molar-refractivity contribution in [2.45, 2.75) is 51.5 Å². The zero-order valence-electron chi connectivity index (χ0n) is 13.0. The van der Waals surface area contributed by atoms with E-state index in [4.69, 9.17) is 4.98 Å². The largest absolute Gasteiger partial charge is 0.344 e. The van der Waals surface area contributed by atoms with Gasteiger partial charge in [-0.1, -0.05) is 57.0 Å². The van der Waals surface area contributed by atoms with E-state index in [1.165, 1.54) is 36.9 Å². The van der Waals surface area contributed by atoms with Crippen LogP contribution >= 0.6 is 0 Å². The zero-order chi connectivity index (χ0) is 14.7. The van der Waals surface area contributed by atoms with E-state index in [2.05, 4.69) is 54.5 Å². The molecule has 0 saturated carbocycles. The fourth-order valence-corrected chi connectivity index (χ4v) is 3.07. The van der Waals surface area contributed by atoms with Gasteiger partial charge in [-0.2, -0.15) is 0 Å². The average molecular weight is 283 g/mol. The lowest BCUT2D eigenvalue weighted by molar-refractivity contribution is 0.510. The van der Waals surface area contributed by atoms with Gasteiger partial charge in [0.25, 0.3) is 0 Å². The van der Waals surface area contributed by atoms with Crippen LogP contribution in [0.5, 0.6) is 0 Å². The molecule has 2 aromatic rings. The molecular weight excluding hydrogens is 258 g/mol. The number of aromatic nitrogens is 2. The fraction of sp³-hybridized carbons (Fsp3) is 0.500. The van der Waals surface area contributed by atoms with Gasteiger partial charge in [-0.3, -0.25) is 0 Å². The monoisotopic (exact) mass is 283 g/mol. The Balaban J connectivity index is 1.96. The molecule has 21 heavy (non-hydrogen) atoms. The third-order valence-corrected chi connectivity index (χ3v) is 4.27. The summed E-state index contributed by atoms with van der Waals surface area (Å²) in [6, 6.07) is 10.9. The molecule has 1 unspecified atom stereocenters. The molecule has 1 fully saturated rings. The van der Waals surface area contributed by atoms with E-state index in [9.17, 15) is 0 Å². The number of benzene rings is 1. The second-order valence-electron chi connectivity index (χ2n) is 6.26. The summed E-state index contributed by atoms with van der Waals surface area (Å²) < 4.78 is 0. The quantitative estimate of drug-likeness (QED) is 0.876. The first kappa shape index (κ1) is 14.3. The minimum Gasteiger partial charge on any atom is -0.344 e. The summed E-state index contributed by atoms with van der Waals surface area (Å²) in [6.07, 6.45) is 5.07. The summed E-state index contributed by atoms with van der Waals surface area (Å²) in [4.78, 5) is 8.55. The molecule has 0 bridgehead atoms. The Morgan fingerprint density at radius 1 is 1.10 bits per heavy atom. The molecule has 1 aromatic carbocycles. The summed E-state index contributed by atoms with van der Waals surface area (Å²) >= 11 is 0. The van der Waals surface area contributed by atoms with Crippen molar-refractivity contribution >= 4 is 0 Å². The lowest BCUT2D eigenvalue weighted by atomic mass is 10.0. The van der Waals surface area contributed by atoms with E-state index in [1.807, 2.05) is 0 Å². The van der Waals surface area contributed by atoms with Gasteiger partial charge in [0.15, 0.2) is 0 Å². The molecule has 112 valence electrons. The summed E-state index contributed by atoms with van der Waals surface area (Å²) in [6.45, 7) is 5.55. The maximum absolute atomic E-state index is 4.95. The maximum atomic E-state index is 4.95. The lowest BCUT2D eigenvalue weighted by Crippen LogP contribution is -2.21. The number of nitrogens with zero attached hydrogens (tertiary/aromatic N) is 1. The molecule has 0 spiro atoms. The first-order valence-corrected chi connectivity index (χ1v) is 8.14. The molecule has 2 N–H and O–H groups in total. The minimum atomic E-state index is 0.377. The minimum absolute atomic E-state index is 0.377. The molecule has 1 aliphatic rings. The van der Waals surface area contributed by atoms with Crippen molar-refractivity contribution in [1.82, 2.24) is 15.3 Å². The molecule has 3 heteroatoms. The van der Waals surface area contributed by atoms with Gasteiger partial charge in [0.1, 0.15) is 5.82 Å². The molecule has 1 aliphatic heterocycles. The van der Waals surface area contributed by atoms with E-state index in [-0.39, 0.29) is 0 Å². The number of nitrogens with one attached hydrogen (secondary N) is 2. The van der Waals surface area contributed by atoms with Crippen molar-refractivity contribution < 1.29 is 0 Å². The first-order chi connectivity index (χ1) is 10.3. The third kappa shape index (κ3) is 3.18. The Hall–Kier alpha value is -1.61. The van der Waals surface area contributed by atoms with Crippen LogP contribution < -0.4 is 5.32 Å². The average Bonchev–Trinajstić information content (AvgIpc) is 2.77. The summed E-state index contributed by atoms with van der Waals surface area (Å²) in [5.74, 6) is 1.56. The van der Waals surface area contributed by atoms with Crippen LogP contribution in [0.15, 0.2) is 30.3 Å². The van der Waals surface area contributed by atoms with E-state index < -0.39 is 0 Å². The summed E-state index contributed by atoms with van der Waals surface area (Å²) in [5, 5.41) is 3.64. The van der Waals surface area contributed by atoms with Crippen LogP contribution in [0, 0.1) is 0 Å². The predicted molar refractivity (Wildman–Crippen MR) is 87.3 cm³/mol. The van der Waals surface area contributed by atoms with Crippen LogP contribution in [0.25, 0.3) is 11.3 Å². The highest BCUT2D eigenvalue weighted by Gasteiger charge is 2.21. The van der Waals surface area contributed by atoms with Crippen LogP contribution in [0.3, 0.4) is 0 Å². The van der Waals surface area contributed by atoms with Crippen LogP contribution in [0.2, 0.25) is 0 Å². The predicted octanol–water partition coefficient (Wildman–Crippen LogP) is 4.40. The van der Waals surface area contributed by atoms with Crippen LogP contribution in [-0.4, -0.2) is 16.5 Å². The van der Waals surface area contributed by atoms with E-state index in [1.54, 1.807) is 0 Å². The van der Waals surface area contributed by atoms with Gasteiger partial charge in [0.05, 0.1) is 11.7 Å². The number of hydrogen-bond donors (Lipinski definition) is 2. The lowest BCUT2D eigenvalue weighted by Gasteiger charge is -2.12. The normalized spacial score (nSPS) is 19.7. The summed E-state index contributed by atoms with van der Waals surface area (Å²) in [7, 11) is 0. The van der Waals surface area contributed by atoms with Gasteiger partial charge >= 0.3 is 0 Å². The van der Waals surface area contributed by atoms with Crippen molar-refractivity contribution in [3.05, 3.63) is 41.9 Å². The maximum Gasteiger partial charge on any atom is 0.124 e. The van der Waals surface area contributed by atoms with Crippen molar-refractivity contribution in [2.24, 2.45) is 0 Å². The van der Waals surface area contributed by atoms with E-state index in [0.717, 1.165) is 18.1 Å². The third-order valence-electron chi connectivity index (χ3n) is 4.27. The second-order valence-corrected chi connectivity index (χ2v) is 6.26. The molecule has 0 aliphatic carbocycles. The van der Waals surface area contributed by atoms with Gasteiger partial charge in [-0.25, -0.2) is 4.98 Å². The van der Waals surface area contributed by atoms with Gasteiger partial charge in [-0.15, -0.1) is 0 Å². The Kier molecular flexibility index (Phi) is 4.39. The van der Waals surface area contributed by atoms with E-state index >= 15 is 0 Å².